The summed E-state index contributed by atoms with van der Waals surface area (Å²) in [4.78, 5) is 8.87. The van der Waals surface area contributed by atoms with Gasteiger partial charge in [0.25, 0.3) is 0 Å². The van der Waals surface area contributed by atoms with Crippen LogP contribution in [0.15, 0.2) is 47.5 Å². The lowest BCUT2D eigenvalue weighted by atomic mass is 10.2. The zero-order valence-corrected chi connectivity index (χ0v) is 12.2. The topological polar surface area (TPSA) is 30.2 Å². The van der Waals surface area contributed by atoms with Crippen LogP contribution >= 0.6 is 23.2 Å². The molecule has 0 unspecified atom stereocenters. The molecule has 0 N–H and O–H groups in total. The Morgan fingerprint density at radius 3 is 2.70 bits per heavy atom. The Labute approximate surface area is 126 Å². The number of halogens is 2. The monoisotopic (exact) mass is 303 g/mol. The number of aryl methyl sites for hydroxylation is 1. The van der Waals surface area contributed by atoms with E-state index in [-0.39, 0.29) is 0 Å². The number of aromatic nitrogens is 2. The molecule has 0 aliphatic rings. The third kappa shape index (κ3) is 2.42. The van der Waals surface area contributed by atoms with E-state index in [1.807, 2.05) is 41.9 Å². The van der Waals surface area contributed by atoms with Crippen molar-refractivity contribution in [3.8, 4) is 0 Å². The van der Waals surface area contributed by atoms with Gasteiger partial charge in [0, 0.05) is 23.8 Å². The van der Waals surface area contributed by atoms with Crippen LogP contribution in [-0.4, -0.2) is 15.8 Å². The Bertz CT molecular complexity index is 806. The first-order valence-electron chi connectivity index (χ1n) is 6.06. The Kier molecular flexibility index (Phi) is 3.47. The smallest absolute Gasteiger partial charge is 0.230 e. The molecular formula is C15H11Cl2N3. The van der Waals surface area contributed by atoms with Gasteiger partial charge in [0.15, 0.2) is 0 Å². The van der Waals surface area contributed by atoms with Crippen molar-refractivity contribution < 1.29 is 0 Å². The maximum atomic E-state index is 6.11. The molecule has 0 amide bonds. The quantitative estimate of drug-likeness (QED) is 0.635. The van der Waals surface area contributed by atoms with Crippen molar-refractivity contribution in [2.24, 2.45) is 12.0 Å². The van der Waals surface area contributed by atoms with Crippen molar-refractivity contribution in [3.05, 3.63) is 58.1 Å². The molecule has 2 aromatic carbocycles. The third-order valence-corrected chi connectivity index (χ3v) is 3.61. The van der Waals surface area contributed by atoms with Crippen molar-refractivity contribution in [1.29, 1.82) is 0 Å². The van der Waals surface area contributed by atoms with Crippen LogP contribution in [0.25, 0.3) is 11.0 Å². The zero-order chi connectivity index (χ0) is 14.1. The molecule has 0 aliphatic heterocycles. The van der Waals surface area contributed by atoms with Gasteiger partial charge in [-0.25, -0.2) is 9.98 Å². The van der Waals surface area contributed by atoms with Crippen LogP contribution in [0.4, 0.5) is 5.95 Å². The minimum atomic E-state index is 0.569. The number of fused-ring (bicyclic) bond motifs is 1. The van der Waals surface area contributed by atoms with E-state index in [0.29, 0.717) is 16.0 Å². The highest BCUT2D eigenvalue weighted by Gasteiger charge is 2.05. The van der Waals surface area contributed by atoms with E-state index < -0.39 is 0 Å². The highest BCUT2D eigenvalue weighted by atomic mass is 35.5. The van der Waals surface area contributed by atoms with Gasteiger partial charge in [0.2, 0.25) is 5.95 Å². The summed E-state index contributed by atoms with van der Waals surface area (Å²) in [7, 11) is 1.94. The van der Waals surface area contributed by atoms with E-state index in [1.165, 1.54) is 0 Å². The van der Waals surface area contributed by atoms with Crippen LogP contribution in [0.2, 0.25) is 10.0 Å². The average Bonchev–Trinajstić information content (AvgIpc) is 2.75. The standard InChI is InChI=1S/C15H11Cl2N3/c1-20-14-5-3-2-4-13(14)19-15(20)18-9-10-6-7-11(16)8-12(10)17/h2-9H,1H3/b18-9+. The molecule has 1 heterocycles. The first-order valence-corrected chi connectivity index (χ1v) is 6.81. The fourth-order valence-electron chi connectivity index (χ4n) is 1.98. The van der Waals surface area contributed by atoms with Gasteiger partial charge in [-0.05, 0) is 24.3 Å². The van der Waals surface area contributed by atoms with E-state index in [1.54, 1.807) is 18.3 Å². The molecule has 5 heteroatoms. The fraction of sp³-hybridized carbons (Fsp3) is 0.0667. The van der Waals surface area contributed by atoms with Crippen LogP contribution in [0.5, 0.6) is 0 Å². The third-order valence-electron chi connectivity index (χ3n) is 3.05. The number of benzene rings is 2. The second kappa shape index (κ2) is 5.27. The van der Waals surface area contributed by atoms with Crippen molar-refractivity contribution in [2.75, 3.05) is 0 Å². The van der Waals surface area contributed by atoms with E-state index in [9.17, 15) is 0 Å². The van der Waals surface area contributed by atoms with E-state index in [2.05, 4.69) is 9.98 Å². The average molecular weight is 304 g/mol. The molecule has 0 fully saturated rings. The number of aliphatic imine (C=N–C) groups is 1. The van der Waals surface area contributed by atoms with Gasteiger partial charge >= 0.3 is 0 Å². The summed E-state index contributed by atoms with van der Waals surface area (Å²) in [5, 5.41) is 1.18. The van der Waals surface area contributed by atoms with Crippen LogP contribution in [0.1, 0.15) is 5.56 Å². The van der Waals surface area contributed by atoms with Crippen LogP contribution in [0, 0.1) is 0 Å². The summed E-state index contributed by atoms with van der Waals surface area (Å²) in [5.74, 6) is 0.636. The van der Waals surface area contributed by atoms with Crippen LogP contribution < -0.4 is 0 Å². The maximum Gasteiger partial charge on any atom is 0.230 e. The molecule has 1 aromatic heterocycles. The molecule has 0 aliphatic carbocycles. The van der Waals surface area contributed by atoms with Gasteiger partial charge < -0.3 is 4.57 Å². The summed E-state index contributed by atoms with van der Waals surface area (Å²) in [6.07, 6.45) is 1.69. The van der Waals surface area contributed by atoms with E-state index >= 15 is 0 Å². The van der Waals surface area contributed by atoms with Gasteiger partial charge in [-0.1, -0.05) is 41.4 Å². The Morgan fingerprint density at radius 2 is 1.95 bits per heavy atom. The molecule has 0 saturated heterocycles. The number of rotatable bonds is 2. The zero-order valence-electron chi connectivity index (χ0n) is 10.7. The molecule has 3 nitrogen and oxygen atoms in total. The predicted molar refractivity (Wildman–Crippen MR) is 84.4 cm³/mol. The molecule has 0 saturated carbocycles. The lowest BCUT2D eigenvalue weighted by Gasteiger charge is -1.99. The molecule has 0 radical (unpaired) electrons. The first kappa shape index (κ1) is 13.2. The molecule has 0 atom stereocenters. The highest BCUT2D eigenvalue weighted by Crippen LogP contribution is 2.22. The van der Waals surface area contributed by atoms with Crippen molar-refractivity contribution in [1.82, 2.24) is 9.55 Å². The summed E-state index contributed by atoms with van der Waals surface area (Å²) in [6.45, 7) is 0. The van der Waals surface area contributed by atoms with Crippen molar-refractivity contribution >= 4 is 46.4 Å². The van der Waals surface area contributed by atoms with Gasteiger partial charge in [-0.2, -0.15) is 0 Å². The highest BCUT2D eigenvalue weighted by molar-refractivity contribution is 6.36. The number of hydrogen-bond donors (Lipinski definition) is 0. The maximum absolute atomic E-state index is 6.11. The van der Waals surface area contributed by atoms with E-state index in [0.717, 1.165) is 16.6 Å². The van der Waals surface area contributed by atoms with Crippen molar-refractivity contribution in [3.63, 3.8) is 0 Å². The van der Waals surface area contributed by atoms with Gasteiger partial charge in [0.1, 0.15) is 0 Å². The normalized spacial score (nSPS) is 11.6. The largest absolute Gasteiger partial charge is 0.311 e. The molecule has 0 bridgehead atoms. The minimum absolute atomic E-state index is 0.569. The number of imidazole rings is 1. The number of nitrogens with zero attached hydrogens (tertiary/aromatic N) is 3. The molecule has 20 heavy (non-hydrogen) atoms. The minimum Gasteiger partial charge on any atom is -0.311 e. The lowest BCUT2D eigenvalue weighted by molar-refractivity contribution is 0.945. The molecular weight excluding hydrogens is 293 g/mol. The second-order valence-corrected chi connectivity index (χ2v) is 5.23. The fourth-order valence-corrected chi connectivity index (χ4v) is 2.44. The summed E-state index contributed by atoms with van der Waals surface area (Å²) in [5.41, 5.74) is 2.77. The molecule has 0 spiro atoms. The second-order valence-electron chi connectivity index (χ2n) is 4.38. The lowest BCUT2D eigenvalue weighted by Crippen LogP contribution is -1.88. The van der Waals surface area contributed by atoms with E-state index in [4.69, 9.17) is 23.2 Å². The summed E-state index contributed by atoms with van der Waals surface area (Å²) in [6, 6.07) is 13.2. The predicted octanol–water partition coefficient (Wildman–Crippen LogP) is 4.63. The molecule has 3 rings (SSSR count). The van der Waals surface area contributed by atoms with Gasteiger partial charge in [-0.3, -0.25) is 0 Å². The van der Waals surface area contributed by atoms with Gasteiger partial charge in [0.05, 0.1) is 16.1 Å². The van der Waals surface area contributed by atoms with Crippen LogP contribution in [0.3, 0.4) is 0 Å². The molecule has 3 aromatic rings. The Balaban J connectivity index is 2.00. The summed E-state index contributed by atoms with van der Waals surface area (Å²) < 4.78 is 1.94. The summed E-state index contributed by atoms with van der Waals surface area (Å²) >= 11 is 12.0. The SMILES string of the molecule is Cn1c(/N=C/c2ccc(Cl)cc2Cl)nc2ccccc21. The Hall–Kier alpha value is -1.84. The van der Waals surface area contributed by atoms with Crippen molar-refractivity contribution in [2.45, 2.75) is 0 Å². The molecule has 100 valence electrons. The number of hydrogen-bond acceptors (Lipinski definition) is 2. The van der Waals surface area contributed by atoms with Gasteiger partial charge in [-0.15, -0.1) is 0 Å². The Morgan fingerprint density at radius 1 is 1.15 bits per heavy atom. The number of para-hydroxylation sites is 2. The first-order chi connectivity index (χ1) is 9.65. The van der Waals surface area contributed by atoms with Crippen LogP contribution in [-0.2, 0) is 7.05 Å².